The van der Waals surface area contributed by atoms with E-state index in [0.29, 0.717) is 44.5 Å². The largest absolute Gasteiger partial charge is 0.444 e. The molecule has 1 N–H and O–H groups in total. The number of hydrogen-bond donors (Lipinski definition) is 1. The van der Waals surface area contributed by atoms with Crippen molar-refractivity contribution in [3.05, 3.63) is 35.6 Å². The van der Waals surface area contributed by atoms with Crippen LogP contribution >= 0.6 is 0 Å². The summed E-state index contributed by atoms with van der Waals surface area (Å²) in [6.45, 7) is 7.01. The second kappa shape index (κ2) is 6.89. The van der Waals surface area contributed by atoms with Gasteiger partial charge in [0, 0.05) is 32.0 Å². The third-order valence-corrected chi connectivity index (χ3v) is 5.45. The van der Waals surface area contributed by atoms with Gasteiger partial charge in [0.1, 0.15) is 11.4 Å². The van der Waals surface area contributed by atoms with Crippen LogP contribution in [-0.2, 0) is 9.53 Å². The van der Waals surface area contributed by atoms with Crippen molar-refractivity contribution in [1.82, 2.24) is 10.2 Å². The van der Waals surface area contributed by atoms with Crippen molar-refractivity contribution in [2.75, 3.05) is 19.6 Å². The summed E-state index contributed by atoms with van der Waals surface area (Å²) in [6, 6.07) is 6.78. The van der Waals surface area contributed by atoms with Crippen molar-refractivity contribution < 1.29 is 18.7 Å². The van der Waals surface area contributed by atoms with Gasteiger partial charge in [0.25, 0.3) is 0 Å². The van der Waals surface area contributed by atoms with Crippen molar-refractivity contribution in [2.24, 2.45) is 5.41 Å². The van der Waals surface area contributed by atoms with Gasteiger partial charge in [-0.3, -0.25) is 4.79 Å². The van der Waals surface area contributed by atoms with Crippen molar-refractivity contribution in [3.63, 3.8) is 0 Å². The minimum atomic E-state index is -0.535. The zero-order valence-corrected chi connectivity index (χ0v) is 15.7. The first-order valence-electron chi connectivity index (χ1n) is 9.19. The second-order valence-corrected chi connectivity index (χ2v) is 8.38. The summed E-state index contributed by atoms with van der Waals surface area (Å²) >= 11 is 0. The first kappa shape index (κ1) is 18.7. The SMILES string of the molecule is CC(C)(C)OC(=O)N1CCC2(CC1)CC(=O)NCC2c1ccccc1F. The summed E-state index contributed by atoms with van der Waals surface area (Å²) in [7, 11) is 0. The minimum Gasteiger partial charge on any atom is -0.444 e. The van der Waals surface area contributed by atoms with Crippen LogP contribution in [0.15, 0.2) is 24.3 Å². The van der Waals surface area contributed by atoms with Gasteiger partial charge in [-0.25, -0.2) is 9.18 Å². The molecular formula is C20H27FN2O3. The molecule has 2 saturated heterocycles. The number of halogens is 1. The van der Waals surface area contributed by atoms with Gasteiger partial charge in [0.15, 0.2) is 0 Å². The Kier molecular flexibility index (Phi) is 4.95. The summed E-state index contributed by atoms with van der Waals surface area (Å²) in [5, 5.41) is 2.88. The first-order chi connectivity index (χ1) is 12.2. The predicted molar refractivity (Wildman–Crippen MR) is 96.2 cm³/mol. The number of nitrogens with one attached hydrogen (secondary N) is 1. The third-order valence-electron chi connectivity index (χ3n) is 5.45. The molecule has 1 aromatic carbocycles. The maximum absolute atomic E-state index is 14.4. The van der Waals surface area contributed by atoms with Crippen molar-refractivity contribution in [1.29, 1.82) is 0 Å². The van der Waals surface area contributed by atoms with Gasteiger partial charge in [-0.05, 0) is 50.7 Å². The standard InChI is InChI=1S/C20H27FN2O3/c1-19(2,3)26-18(25)23-10-8-20(9-11-23)12-17(24)22-13-15(20)14-6-4-5-7-16(14)21/h4-7,15H,8-13H2,1-3H3,(H,22,24). The van der Waals surface area contributed by atoms with E-state index in [2.05, 4.69) is 5.32 Å². The van der Waals surface area contributed by atoms with Crippen LogP contribution in [0.5, 0.6) is 0 Å². The highest BCUT2D eigenvalue weighted by Crippen LogP contribution is 2.49. The Bertz CT molecular complexity index is 691. The number of ether oxygens (including phenoxy) is 1. The molecule has 0 radical (unpaired) electrons. The highest BCUT2D eigenvalue weighted by Gasteiger charge is 2.47. The van der Waals surface area contributed by atoms with E-state index in [1.165, 1.54) is 6.07 Å². The van der Waals surface area contributed by atoms with Crippen LogP contribution in [0, 0.1) is 11.2 Å². The number of carbonyl (C=O) groups excluding carboxylic acids is 2. The molecule has 1 spiro atoms. The molecule has 2 heterocycles. The number of amides is 2. The average molecular weight is 362 g/mol. The number of hydrogen-bond acceptors (Lipinski definition) is 3. The molecule has 1 atom stereocenters. The molecule has 1 aromatic rings. The molecule has 2 amide bonds. The summed E-state index contributed by atoms with van der Waals surface area (Å²) in [5.74, 6) is -0.312. The van der Waals surface area contributed by atoms with Crippen LogP contribution in [0.3, 0.4) is 0 Å². The molecule has 5 nitrogen and oxygen atoms in total. The maximum atomic E-state index is 14.4. The summed E-state index contributed by atoms with van der Waals surface area (Å²) in [6.07, 6.45) is 1.38. The number of carbonyl (C=O) groups is 2. The molecule has 3 rings (SSSR count). The number of piperidine rings is 2. The molecule has 0 aliphatic carbocycles. The summed E-state index contributed by atoms with van der Waals surface area (Å²) < 4.78 is 19.9. The fourth-order valence-electron chi connectivity index (χ4n) is 4.12. The van der Waals surface area contributed by atoms with Crippen LogP contribution in [0.2, 0.25) is 0 Å². The molecule has 142 valence electrons. The highest BCUT2D eigenvalue weighted by atomic mass is 19.1. The van der Waals surface area contributed by atoms with Gasteiger partial charge in [-0.15, -0.1) is 0 Å². The van der Waals surface area contributed by atoms with E-state index >= 15 is 0 Å². The quantitative estimate of drug-likeness (QED) is 0.832. The molecule has 26 heavy (non-hydrogen) atoms. The highest BCUT2D eigenvalue weighted by molar-refractivity contribution is 5.78. The third kappa shape index (κ3) is 3.84. The number of rotatable bonds is 1. The molecule has 6 heteroatoms. The lowest BCUT2D eigenvalue weighted by Crippen LogP contribution is -2.53. The molecule has 2 aliphatic rings. The molecule has 2 fully saturated rings. The van der Waals surface area contributed by atoms with Gasteiger partial charge in [-0.2, -0.15) is 0 Å². The Hall–Kier alpha value is -2.11. The Labute approximate surface area is 153 Å². The lowest BCUT2D eigenvalue weighted by molar-refractivity contribution is -0.128. The zero-order valence-electron chi connectivity index (χ0n) is 15.7. The van der Waals surface area contributed by atoms with E-state index in [9.17, 15) is 14.0 Å². The number of likely N-dealkylation sites (tertiary alicyclic amines) is 1. The van der Waals surface area contributed by atoms with E-state index in [4.69, 9.17) is 4.74 Å². The first-order valence-corrected chi connectivity index (χ1v) is 9.19. The Balaban J connectivity index is 1.78. The number of nitrogens with zero attached hydrogens (tertiary/aromatic N) is 1. The van der Waals surface area contributed by atoms with Crippen LogP contribution in [-0.4, -0.2) is 42.1 Å². The van der Waals surface area contributed by atoms with Gasteiger partial charge in [0.2, 0.25) is 5.91 Å². The molecule has 2 aliphatic heterocycles. The molecule has 0 bridgehead atoms. The van der Waals surface area contributed by atoms with E-state index in [1.807, 2.05) is 26.8 Å². The normalized spacial score (nSPS) is 22.8. The molecule has 0 aromatic heterocycles. The van der Waals surface area contributed by atoms with Crippen LogP contribution in [0.1, 0.15) is 51.5 Å². The Morgan fingerprint density at radius 2 is 1.92 bits per heavy atom. The Morgan fingerprint density at radius 3 is 2.54 bits per heavy atom. The molecular weight excluding hydrogens is 335 g/mol. The average Bonchev–Trinajstić information content (AvgIpc) is 2.55. The van der Waals surface area contributed by atoms with Crippen LogP contribution < -0.4 is 5.32 Å². The zero-order chi connectivity index (χ0) is 18.9. The smallest absolute Gasteiger partial charge is 0.410 e. The fraction of sp³-hybridized carbons (Fsp3) is 0.600. The van der Waals surface area contributed by atoms with Gasteiger partial charge >= 0.3 is 6.09 Å². The predicted octanol–water partition coefficient (Wildman–Crippen LogP) is 3.45. The van der Waals surface area contributed by atoms with Gasteiger partial charge < -0.3 is 15.0 Å². The van der Waals surface area contributed by atoms with Gasteiger partial charge in [-0.1, -0.05) is 18.2 Å². The van der Waals surface area contributed by atoms with E-state index in [1.54, 1.807) is 17.0 Å². The monoisotopic (exact) mass is 362 g/mol. The van der Waals surface area contributed by atoms with E-state index in [0.717, 1.165) is 0 Å². The van der Waals surface area contributed by atoms with Crippen LogP contribution in [0.4, 0.5) is 9.18 Å². The maximum Gasteiger partial charge on any atom is 0.410 e. The number of benzene rings is 1. The Morgan fingerprint density at radius 1 is 1.27 bits per heavy atom. The summed E-state index contributed by atoms with van der Waals surface area (Å²) in [4.78, 5) is 26.1. The topological polar surface area (TPSA) is 58.6 Å². The van der Waals surface area contributed by atoms with Crippen molar-refractivity contribution in [3.8, 4) is 0 Å². The van der Waals surface area contributed by atoms with Crippen molar-refractivity contribution in [2.45, 2.75) is 51.6 Å². The lowest BCUT2D eigenvalue weighted by atomic mass is 9.62. The lowest BCUT2D eigenvalue weighted by Gasteiger charge is -2.49. The van der Waals surface area contributed by atoms with Crippen LogP contribution in [0.25, 0.3) is 0 Å². The van der Waals surface area contributed by atoms with E-state index < -0.39 is 5.60 Å². The fourth-order valence-corrected chi connectivity index (χ4v) is 4.12. The second-order valence-electron chi connectivity index (χ2n) is 8.38. The molecule has 0 saturated carbocycles. The minimum absolute atomic E-state index is 0.00306. The summed E-state index contributed by atoms with van der Waals surface area (Å²) in [5.41, 5.74) is -0.200. The van der Waals surface area contributed by atoms with Crippen molar-refractivity contribution >= 4 is 12.0 Å². The van der Waals surface area contributed by atoms with Gasteiger partial charge in [0.05, 0.1) is 0 Å². The molecule has 1 unspecified atom stereocenters. The van der Waals surface area contributed by atoms with E-state index in [-0.39, 0.29) is 29.2 Å².